The van der Waals surface area contributed by atoms with Crippen molar-refractivity contribution in [1.29, 1.82) is 0 Å². The molecule has 0 bridgehead atoms. The maximum Gasteiger partial charge on any atom is 0.303 e. The predicted molar refractivity (Wildman–Crippen MR) is 82.7 cm³/mol. The molecule has 0 aromatic heterocycles. The van der Waals surface area contributed by atoms with Gasteiger partial charge in [0.05, 0.1) is 0 Å². The minimum absolute atomic E-state index is 0.0720. The van der Waals surface area contributed by atoms with E-state index in [-0.39, 0.29) is 23.2 Å². The summed E-state index contributed by atoms with van der Waals surface area (Å²) in [5.41, 5.74) is 3.40. The molecule has 0 saturated heterocycles. The lowest BCUT2D eigenvalue weighted by Gasteiger charge is -2.42. The zero-order chi connectivity index (χ0) is 15.8. The van der Waals surface area contributed by atoms with E-state index >= 15 is 0 Å². The summed E-state index contributed by atoms with van der Waals surface area (Å²) in [7, 11) is 0. The lowest BCUT2D eigenvalue weighted by Crippen LogP contribution is -2.34. The van der Waals surface area contributed by atoms with E-state index < -0.39 is 5.97 Å². The molecule has 1 aliphatic rings. The van der Waals surface area contributed by atoms with Crippen LogP contribution in [-0.4, -0.2) is 18.4 Å². The van der Waals surface area contributed by atoms with Gasteiger partial charge in [0.1, 0.15) is 0 Å². The third-order valence-electron chi connectivity index (χ3n) is 4.58. The summed E-state index contributed by atoms with van der Waals surface area (Å²) >= 11 is 0. The van der Waals surface area contributed by atoms with Crippen molar-refractivity contribution in [3.63, 3.8) is 0 Å². The van der Waals surface area contributed by atoms with Crippen molar-refractivity contribution >= 4 is 11.8 Å². The Morgan fingerprint density at radius 3 is 2.19 bits per heavy atom. The second kappa shape index (κ2) is 5.28. The van der Waals surface area contributed by atoms with Crippen molar-refractivity contribution < 1.29 is 14.3 Å². The second-order valence-electron chi connectivity index (χ2n) is 7.23. The molecule has 114 valence electrons. The molecule has 0 aliphatic heterocycles. The number of Topliss-reactive ketones (excluding diaryl/α,β-unsaturated/α-hetero) is 1. The molecule has 0 unspecified atom stereocenters. The molecule has 0 fully saturated rings. The van der Waals surface area contributed by atoms with Crippen LogP contribution in [-0.2, 0) is 20.4 Å². The van der Waals surface area contributed by atoms with Crippen molar-refractivity contribution in [2.45, 2.75) is 58.3 Å². The number of carbonyl (C=O) groups excluding carboxylic acids is 2. The maximum absolute atomic E-state index is 12.1. The van der Waals surface area contributed by atoms with Crippen LogP contribution >= 0.6 is 0 Å². The van der Waals surface area contributed by atoms with Gasteiger partial charge in [0.25, 0.3) is 0 Å². The highest BCUT2D eigenvalue weighted by molar-refractivity contribution is 5.98. The number of esters is 1. The number of benzene rings is 1. The van der Waals surface area contributed by atoms with Gasteiger partial charge in [-0.15, -0.1) is 0 Å². The highest BCUT2D eigenvalue weighted by atomic mass is 16.5. The molecule has 0 radical (unpaired) electrons. The Morgan fingerprint density at radius 2 is 1.62 bits per heavy atom. The number of ether oxygens (including phenoxy) is 1. The molecule has 0 heterocycles. The molecule has 3 nitrogen and oxygen atoms in total. The highest BCUT2D eigenvalue weighted by Gasteiger charge is 2.37. The third-order valence-corrected chi connectivity index (χ3v) is 4.58. The van der Waals surface area contributed by atoms with E-state index in [1.54, 1.807) is 0 Å². The van der Waals surface area contributed by atoms with E-state index in [1.165, 1.54) is 18.1 Å². The van der Waals surface area contributed by atoms with Crippen LogP contribution in [0, 0.1) is 0 Å². The first-order valence-electron chi connectivity index (χ1n) is 7.45. The number of ketones is 1. The summed E-state index contributed by atoms with van der Waals surface area (Å²) in [6.45, 7) is 10.1. The van der Waals surface area contributed by atoms with Gasteiger partial charge in [-0.05, 0) is 40.9 Å². The fourth-order valence-corrected chi connectivity index (χ4v) is 3.01. The fraction of sp³-hybridized carbons (Fsp3) is 0.556. The minimum atomic E-state index is -0.428. The van der Waals surface area contributed by atoms with Gasteiger partial charge in [-0.1, -0.05) is 39.8 Å². The standard InChI is InChI=1S/C18H24O3/c1-12(19)21-11-16(20)13-6-7-14-15(10-13)18(4,5)9-8-17(14,2)3/h6-7,10H,8-9,11H2,1-5H3. The Labute approximate surface area is 126 Å². The first-order chi connectivity index (χ1) is 9.63. The predicted octanol–water partition coefficient (Wildman–Crippen LogP) is 3.78. The van der Waals surface area contributed by atoms with E-state index in [9.17, 15) is 9.59 Å². The lowest BCUT2D eigenvalue weighted by atomic mass is 9.63. The van der Waals surface area contributed by atoms with E-state index in [4.69, 9.17) is 4.74 Å². The molecule has 0 N–H and O–H groups in total. The topological polar surface area (TPSA) is 43.4 Å². The van der Waals surface area contributed by atoms with Gasteiger partial charge in [-0.25, -0.2) is 0 Å². The molecule has 0 saturated carbocycles. The van der Waals surface area contributed by atoms with Crippen molar-refractivity contribution in [2.24, 2.45) is 0 Å². The molecule has 1 aromatic rings. The summed E-state index contributed by atoms with van der Waals surface area (Å²) in [6.07, 6.45) is 2.25. The zero-order valence-corrected chi connectivity index (χ0v) is 13.6. The van der Waals surface area contributed by atoms with E-state index in [0.29, 0.717) is 5.56 Å². The number of carbonyl (C=O) groups is 2. The molecule has 2 rings (SSSR count). The van der Waals surface area contributed by atoms with Crippen LogP contribution in [0.1, 0.15) is 68.9 Å². The Morgan fingerprint density at radius 1 is 1.05 bits per heavy atom. The summed E-state index contributed by atoms with van der Waals surface area (Å²) in [5.74, 6) is -0.574. The number of hydrogen-bond donors (Lipinski definition) is 0. The van der Waals surface area contributed by atoms with E-state index in [1.807, 2.05) is 12.1 Å². The van der Waals surface area contributed by atoms with Crippen LogP contribution in [0.25, 0.3) is 0 Å². The van der Waals surface area contributed by atoms with Crippen LogP contribution in [0.2, 0.25) is 0 Å². The van der Waals surface area contributed by atoms with Crippen molar-refractivity contribution in [3.8, 4) is 0 Å². The average Bonchev–Trinajstić information content (AvgIpc) is 2.41. The minimum Gasteiger partial charge on any atom is -0.457 e. The highest BCUT2D eigenvalue weighted by Crippen LogP contribution is 2.45. The molecule has 0 atom stereocenters. The lowest BCUT2D eigenvalue weighted by molar-refractivity contribution is -0.139. The van der Waals surface area contributed by atoms with Gasteiger partial charge >= 0.3 is 5.97 Å². The number of hydrogen-bond acceptors (Lipinski definition) is 3. The van der Waals surface area contributed by atoms with Gasteiger partial charge in [0.15, 0.2) is 12.4 Å². The van der Waals surface area contributed by atoms with Crippen molar-refractivity contribution in [2.75, 3.05) is 6.61 Å². The molecular formula is C18H24O3. The van der Waals surface area contributed by atoms with Gasteiger partial charge in [0.2, 0.25) is 0 Å². The van der Waals surface area contributed by atoms with Gasteiger partial charge < -0.3 is 4.74 Å². The quantitative estimate of drug-likeness (QED) is 0.628. The molecule has 1 aromatic carbocycles. The molecule has 1 aliphatic carbocycles. The monoisotopic (exact) mass is 288 g/mol. The first kappa shape index (κ1) is 15.7. The summed E-state index contributed by atoms with van der Waals surface area (Å²) in [6, 6.07) is 5.91. The molecule has 0 amide bonds. The van der Waals surface area contributed by atoms with Crippen LogP contribution in [0.15, 0.2) is 18.2 Å². The Bertz CT molecular complexity index is 582. The first-order valence-corrected chi connectivity index (χ1v) is 7.45. The van der Waals surface area contributed by atoms with Crippen molar-refractivity contribution in [3.05, 3.63) is 34.9 Å². The smallest absolute Gasteiger partial charge is 0.303 e. The van der Waals surface area contributed by atoms with Crippen LogP contribution in [0.5, 0.6) is 0 Å². The van der Waals surface area contributed by atoms with Crippen LogP contribution in [0.3, 0.4) is 0 Å². The summed E-state index contributed by atoms with van der Waals surface area (Å²) in [4.78, 5) is 23.0. The van der Waals surface area contributed by atoms with Crippen LogP contribution < -0.4 is 0 Å². The van der Waals surface area contributed by atoms with Crippen molar-refractivity contribution in [1.82, 2.24) is 0 Å². The number of fused-ring (bicyclic) bond motifs is 1. The summed E-state index contributed by atoms with van der Waals surface area (Å²) < 4.78 is 4.81. The molecule has 3 heteroatoms. The SMILES string of the molecule is CC(=O)OCC(=O)c1ccc2c(c1)C(C)(C)CCC2(C)C. The molecule has 0 spiro atoms. The Balaban J connectivity index is 2.37. The van der Waals surface area contributed by atoms with E-state index in [2.05, 4.69) is 33.8 Å². The second-order valence-corrected chi connectivity index (χ2v) is 7.23. The van der Waals surface area contributed by atoms with Crippen LogP contribution in [0.4, 0.5) is 0 Å². The third kappa shape index (κ3) is 3.17. The largest absolute Gasteiger partial charge is 0.457 e. The zero-order valence-electron chi connectivity index (χ0n) is 13.6. The molecule has 21 heavy (non-hydrogen) atoms. The van der Waals surface area contributed by atoms with Gasteiger partial charge in [0, 0.05) is 12.5 Å². The fourth-order valence-electron chi connectivity index (χ4n) is 3.01. The summed E-state index contributed by atoms with van der Waals surface area (Å²) in [5, 5.41) is 0. The maximum atomic E-state index is 12.1. The number of rotatable bonds is 3. The normalized spacial score (nSPS) is 18.7. The van der Waals surface area contributed by atoms with Gasteiger partial charge in [-0.2, -0.15) is 0 Å². The average molecular weight is 288 g/mol. The molecular weight excluding hydrogens is 264 g/mol. The van der Waals surface area contributed by atoms with E-state index in [0.717, 1.165) is 12.8 Å². The Kier molecular flexibility index (Phi) is 3.96. The Hall–Kier alpha value is -1.64. The van der Waals surface area contributed by atoms with Gasteiger partial charge in [-0.3, -0.25) is 9.59 Å².